The van der Waals surface area contributed by atoms with E-state index in [0.717, 1.165) is 16.8 Å². The van der Waals surface area contributed by atoms with Gasteiger partial charge < -0.3 is 15.6 Å². The van der Waals surface area contributed by atoms with Crippen LogP contribution < -0.4 is 11.1 Å². The van der Waals surface area contributed by atoms with Gasteiger partial charge in [-0.3, -0.25) is 14.6 Å². The number of carbonyl (C=O) groups is 2. The van der Waals surface area contributed by atoms with Gasteiger partial charge in [-0.15, -0.1) is 0 Å². The maximum atomic E-state index is 12.3. The Labute approximate surface area is 173 Å². The zero-order valence-corrected chi connectivity index (χ0v) is 16.3. The van der Waals surface area contributed by atoms with Crippen molar-refractivity contribution in [3.63, 3.8) is 0 Å². The number of pyridine rings is 1. The molecule has 30 heavy (non-hydrogen) atoms. The normalized spacial score (nSPS) is 10.8. The Morgan fingerprint density at radius 3 is 2.60 bits per heavy atom. The fourth-order valence-corrected chi connectivity index (χ4v) is 3.35. The summed E-state index contributed by atoms with van der Waals surface area (Å²) in [6.07, 6.45) is 4.22. The lowest BCUT2D eigenvalue weighted by molar-refractivity contribution is 0.0984. The Morgan fingerprint density at radius 1 is 1.03 bits per heavy atom. The number of nitrogens with one attached hydrogen (secondary N) is 1. The van der Waals surface area contributed by atoms with Crippen molar-refractivity contribution in [3.05, 3.63) is 90.0 Å². The van der Waals surface area contributed by atoms with Crippen LogP contribution in [0.5, 0.6) is 0 Å². The third kappa shape index (κ3) is 4.20. The summed E-state index contributed by atoms with van der Waals surface area (Å²) < 4.78 is 1.82. The smallest absolute Gasteiger partial charge is 0.284 e. The lowest BCUT2D eigenvalue weighted by Crippen LogP contribution is -2.19. The summed E-state index contributed by atoms with van der Waals surface area (Å²) in [5.74, 6) is -0.368. The quantitative estimate of drug-likeness (QED) is 0.443. The van der Waals surface area contributed by atoms with E-state index >= 15 is 0 Å². The fourth-order valence-electron chi connectivity index (χ4n) is 3.35. The average molecular weight is 399 g/mol. The van der Waals surface area contributed by atoms with Gasteiger partial charge >= 0.3 is 0 Å². The molecule has 0 fully saturated rings. The number of hydrogen-bond donors (Lipinski definition) is 2. The van der Waals surface area contributed by atoms with Gasteiger partial charge in [-0.1, -0.05) is 36.4 Å². The van der Waals surface area contributed by atoms with Gasteiger partial charge in [0.05, 0.1) is 17.6 Å². The molecule has 0 bridgehead atoms. The summed E-state index contributed by atoms with van der Waals surface area (Å²) in [6, 6.07) is 18.6. The van der Waals surface area contributed by atoms with Crippen LogP contribution in [-0.2, 0) is 13.0 Å². The van der Waals surface area contributed by atoms with Crippen molar-refractivity contribution in [2.75, 3.05) is 11.9 Å². The first kappa shape index (κ1) is 19.3. The first-order valence-corrected chi connectivity index (χ1v) is 9.63. The SMILES string of the molecule is NC(=O)c1nc2cc(NCC(=O)c3ccccc3)ccc2n1CCc1cccnc1. The molecule has 2 aromatic heterocycles. The molecule has 0 atom stereocenters. The first-order valence-electron chi connectivity index (χ1n) is 9.63. The van der Waals surface area contributed by atoms with Crippen LogP contribution in [0.25, 0.3) is 11.0 Å². The summed E-state index contributed by atoms with van der Waals surface area (Å²) in [5, 5.41) is 3.13. The zero-order valence-electron chi connectivity index (χ0n) is 16.3. The van der Waals surface area contributed by atoms with Crippen molar-refractivity contribution >= 4 is 28.4 Å². The number of amides is 1. The summed E-state index contributed by atoms with van der Waals surface area (Å²) >= 11 is 0. The van der Waals surface area contributed by atoms with Gasteiger partial charge in [-0.25, -0.2) is 4.98 Å². The van der Waals surface area contributed by atoms with Gasteiger partial charge in [0.15, 0.2) is 11.6 Å². The Hall–Kier alpha value is -4.00. The number of carbonyl (C=O) groups excluding carboxylic acids is 2. The molecule has 150 valence electrons. The molecule has 2 heterocycles. The van der Waals surface area contributed by atoms with Crippen LogP contribution in [0.2, 0.25) is 0 Å². The topological polar surface area (TPSA) is 103 Å². The molecule has 7 heteroatoms. The molecule has 0 spiro atoms. The predicted molar refractivity (Wildman–Crippen MR) is 115 cm³/mol. The summed E-state index contributed by atoms with van der Waals surface area (Å²) in [6.45, 7) is 0.722. The van der Waals surface area contributed by atoms with E-state index < -0.39 is 5.91 Å². The molecule has 2 aromatic carbocycles. The minimum atomic E-state index is -0.578. The number of nitrogens with zero attached hydrogens (tertiary/aromatic N) is 3. The highest BCUT2D eigenvalue weighted by molar-refractivity contribution is 5.99. The van der Waals surface area contributed by atoms with Crippen LogP contribution in [-0.4, -0.2) is 32.8 Å². The van der Waals surface area contributed by atoms with Crippen molar-refractivity contribution in [1.82, 2.24) is 14.5 Å². The van der Waals surface area contributed by atoms with E-state index in [1.54, 1.807) is 24.5 Å². The van der Waals surface area contributed by atoms with Crippen LogP contribution in [0.4, 0.5) is 5.69 Å². The van der Waals surface area contributed by atoms with Crippen molar-refractivity contribution in [2.45, 2.75) is 13.0 Å². The largest absolute Gasteiger partial charge is 0.378 e. The number of aryl methyl sites for hydroxylation is 2. The van der Waals surface area contributed by atoms with E-state index in [9.17, 15) is 9.59 Å². The van der Waals surface area contributed by atoms with Crippen molar-refractivity contribution < 1.29 is 9.59 Å². The molecular weight excluding hydrogens is 378 g/mol. The number of anilines is 1. The lowest BCUT2D eigenvalue weighted by Gasteiger charge is -2.08. The molecule has 4 aromatic rings. The number of rotatable bonds is 8. The summed E-state index contributed by atoms with van der Waals surface area (Å²) in [7, 11) is 0. The number of aromatic nitrogens is 3. The number of imidazole rings is 1. The van der Waals surface area contributed by atoms with Crippen molar-refractivity contribution in [3.8, 4) is 0 Å². The van der Waals surface area contributed by atoms with Crippen LogP contribution >= 0.6 is 0 Å². The molecule has 0 saturated heterocycles. The zero-order chi connectivity index (χ0) is 20.9. The molecule has 0 radical (unpaired) electrons. The molecule has 0 aliphatic heterocycles. The number of ketones is 1. The first-order chi connectivity index (χ1) is 14.6. The van der Waals surface area contributed by atoms with Gasteiger partial charge in [0, 0.05) is 30.2 Å². The molecule has 4 rings (SSSR count). The van der Waals surface area contributed by atoms with Crippen LogP contribution in [0.1, 0.15) is 26.5 Å². The molecular formula is C23H21N5O2. The minimum absolute atomic E-state index is 0.00415. The highest BCUT2D eigenvalue weighted by Gasteiger charge is 2.16. The van der Waals surface area contributed by atoms with E-state index in [1.807, 2.05) is 53.1 Å². The highest BCUT2D eigenvalue weighted by Crippen LogP contribution is 2.21. The molecule has 3 N–H and O–H groups in total. The maximum Gasteiger partial charge on any atom is 0.284 e. The Morgan fingerprint density at radius 2 is 1.87 bits per heavy atom. The number of hydrogen-bond acceptors (Lipinski definition) is 5. The fraction of sp³-hybridized carbons (Fsp3) is 0.130. The van der Waals surface area contributed by atoms with E-state index in [-0.39, 0.29) is 18.2 Å². The number of primary amides is 1. The molecule has 1 amide bonds. The molecule has 0 aliphatic rings. The molecule has 0 saturated carbocycles. The average Bonchev–Trinajstić information content (AvgIpc) is 3.15. The van der Waals surface area contributed by atoms with Gasteiger partial charge in [-0.05, 0) is 36.2 Å². The predicted octanol–water partition coefficient (Wildman–Crippen LogP) is 3.07. The Bertz CT molecular complexity index is 1190. The molecule has 0 unspecified atom stereocenters. The summed E-state index contributed by atoms with van der Waals surface area (Å²) in [5.41, 5.74) is 9.48. The van der Waals surface area contributed by atoms with Gasteiger partial charge in [0.2, 0.25) is 0 Å². The Balaban J connectivity index is 1.54. The van der Waals surface area contributed by atoms with Gasteiger partial charge in [0.1, 0.15) is 0 Å². The number of nitrogens with two attached hydrogens (primary N) is 1. The third-order valence-electron chi connectivity index (χ3n) is 4.86. The van der Waals surface area contributed by atoms with E-state index in [4.69, 9.17) is 5.73 Å². The minimum Gasteiger partial charge on any atom is -0.378 e. The second-order valence-electron chi connectivity index (χ2n) is 6.91. The lowest BCUT2D eigenvalue weighted by atomic mass is 10.1. The van der Waals surface area contributed by atoms with E-state index in [1.165, 1.54) is 0 Å². The third-order valence-corrected chi connectivity index (χ3v) is 4.86. The second kappa shape index (κ2) is 8.57. The number of benzene rings is 2. The van der Waals surface area contributed by atoms with Crippen LogP contribution in [0.3, 0.4) is 0 Å². The van der Waals surface area contributed by atoms with Crippen molar-refractivity contribution in [1.29, 1.82) is 0 Å². The van der Waals surface area contributed by atoms with E-state index in [2.05, 4.69) is 15.3 Å². The van der Waals surface area contributed by atoms with Gasteiger partial charge in [0.25, 0.3) is 5.91 Å². The second-order valence-corrected chi connectivity index (χ2v) is 6.91. The number of fused-ring (bicyclic) bond motifs is 1. The monoisotopic (exact) mass is 399 g/mol. The molecule has 7 nitrogen and oxygen atoms in total. The standard InChI is InChI=1S/C23H21N5O2/c24-22(30)23-27-19-13-18(26-15-21(29)17-6-2-1-3-7-17)8-9-20(19)28(23)12-10-16-5-4-11-25-14-16/h1-9,11,13-14,26H,10,12,15H2,(H2,24,30). The van der Waals surface area contributed by atoms with Crippen LogP contribution in [0, 0.1) is 0 Å². The van der Waals surface area contributed by atoms with Crippen molar-refractivity contribution in [2.24, 2.45) is 5.73 Å². The van der Waals surface area contributed by atoms with Gasteiger partial charge in [-0.2, -0.15) is 0 Å². The maximum absolute atomic E-state index is 12.3. The number of Topliss-reactive ketones (excluding diaryl/α,β-unsaturated/α-hetero) is 1. The Kier molecular flexibility index (Phi) is 5.52. The highest BCUT2D eigenvalue weighted by atomic mass is 16.1. The van der Waals surface area contributed by atoms with E-state index in [0.29, 0.717) is 24.0 Å². The summed E-state index contributed by atoms with van der Waals surface area (Å²) in [4.78, 5) is 32.8. The molecule has 0 aliphatic carbocycles. The van der Waals surface area contributed by atoms with Crippen LogP contribution in [0.15, 0.2) is 73.1 Å².